The summed E-state index contributed by atoms with van der Waals surface area (Å²) in [6.07, 6.45) is 3.41. The fourth-order valence-corrected chi connectivity index (χ4v) is 3.45. The number of methoxy groups -OCH3 is 1. The molecule has 8 nitrogen and oxygen atoms in total. The summed E-state index contributed by atoms with van der Waals surface area (Å²) in [5.74, 6) is 1.37. The molecule has 0 spiro atoms. The third kappa shape index (κ3) is 5.59. The Morgan fingerprint density at radius 2 is 1.91 bits per heavy atom. The van der Waals surface area contributed by atoms with Crippen LogP contribution in [0.5, 0.6) is 11.6 Å². The molecule has 0 unspecified atom stereocenters. The first-order valence-electron chi connectivity index (χ1n) is 10.9. The lowest BCUT2D eigenvalue weighted by atomic mass is 10.1. The zero-order valence-corrected chi connectivity index (χ0v) is 19.1. The summed E-state index contributed by atoms with van der Waals surface area (Å²) in [4.78, 5) is 22.7. The van der Waals surface area contributed by atoms with Crippen LogP contribution in [0.25, 0.3) is 11.1 Å². The molecule has 0 saturated carbocycles. The Morgan fingerprint density at radius 3 is 2.64 bits per heavy atom. The van der Waals surface area contributed by atoms with Gasteiger partial charge in [0.25, 0.3) is 0 Å². The highest BCUT2D eigenvalue weighted by molar-refractivity contribution is 5.90. The SMILES string of the molecule is COCCOc1cc(-c2ccc(OC3CN(C(=O)Nc4cccnc4C)C3)nc2)ccc1C. The van der Waals surface area contributed by atoms with Gasteiger partial charge < -0.3 is 24.4 Å². The van der Waals surface area contributed by atoms with Gasteiger partial charge >= 0.3 is 6.03 Å². The molecule has 1 aliphatic rings. The highest BCUT2D eigenvalue weighted by Crippen LogP contribution is 2.28. The van der Waals surface area contributed by atoms with E-state index in [4.69, 9.17) is 14.2 Å². The van der Waals surface area contributed by atoms with Gasteiger partial charge in [-0.1, -0.05) is 12.1 Å². The van der Waals surface area contributed by atoms with E-state index in [1.165, 1.54) is 0 Å². The van der Waals surface area contributed by atoms with Crippen molar-refractivity contribution in [3.05, 3.63) is 66.1 Å². The van der Waals surface area contributed by atoms with E-state index in [-0.39, 0.29) is 12.1 Å². The van der Waals surface area contributed by atoms with Gasteiger partial charge in [0.15, 0.2) is 0 Å². The van der Waals surface area contributed by atoms with Gasteiger partial charge in [-0.3, -0.25) is 4.98 Å². The number of nitrogens with zero attached hydrogens (tertiary/aromatic N) is 3. The monoisotopic (exact) mass is 448 g/mol. The van der Waals surface area contributed by atoms with E-state index < -0.39 is 0 Å². The molecule has 4 rings (SSSR count). The molecule has 2 aromatic heterocycles. The summed E-state index contributed by atoms with van der Waals surface area (Å²) in [7, 11) is 1.65. The van der Waals surface area contributed by atoms with E-state index in [1.54, 1.807) is 30.5 Å². The molecule has 0 radical (unpaired) electrons. The fraction of sp³-hybridized carbons (Fsp3) is 0.320. The van der Waals surface area contributed by atoms with Crippen LogP contribution < -0.4 is 14.8 Å². The minimum absolute atomic E-state index is 0.0794. The molecule has 0 bridgehead atoms. The number of benzene rings is 1. The van der Waals surface area contributed by atoms with E-state index in [2.05, 4.69) is 15.3 Å². The molecule has 2 amide bonds. The van der Waals surface area contributed by atoms with Crippen LogP contribution in [0.1, 0.15) is 11.3 Å². The van der Waals surface area contributed by atoms with Crippen molar-refractivity contribution in [3.63, 3.8) is 0 Å². The number of hydrogen-bond acceptors (Lipinski definition) is 6. The number of hydrogen-bond donors (Lipinski definition) is 1. The number of aryl methyl sites for hydroxylation is 2. The number of nitrogens with one attached hydrogen (secondary N) is 1. The number of carbonyl (C=O) groups is 1. The van der Waals surface area contributed by atoms with Crippen LogP contribution in [0.4, 0.5) is 10.5 Å². The number of urea groups is 1. The van der Waals surface area contributed by atoms with Crippen LogP contribution in [0, 0.1) is 13.8 Å². The van der Waals surface area contributed by atoms with Crippen molar-refractivity contribution in [3.8, 4) is 22.8 Å². The summed E-state index contributed by atoms with van der Waals surface area (Å²) in [6, 6.07) is 13.4. The molecule has 8 heteroatoms. The number of anilines is 1. The average Bonchev–Trinajstić information content (AvgIpc) is 2.79. The van der Waals surface area contributed by atoms with Gasteiger partial charge in [-0.05, 0) is 49.2 Å². The molecule has 3 heterocycles. The van der Waals surface area contributed by atoms with Crippen molar-refractivity contribution in [2.24, 2.45) is 0 Å². The second-order valence-electron chi connectivity index (χ2n) is 7.92. The molecule has 33 heavy (non-hydrogen) atoms. The van der Waals surface area contributed by atoms with Crippen LogP contribution in [-0.2, 0) is 4.74 Å². The molecule has 1 aromatic carbocycles. The standard InChI is InChI=1S/C25H28N4O4/c1-17-6-7-19(13-23(17)32-12-11-31-3)20-8-9-24(27-14-20)33-21-15-29(16-21)25(30)28-22-5-4-10-26-18(22)2/h4-10,13-14,21H,11-12,15-16H2,1-3H3,(H,28,30). The Hall–Kier alpha value is -3.65. The van der Waals surface area contributed by atoms with E-state index in [0.717, 1.165) is 28.1 Å². The van der Waals surface area contributed by atoms with Gasteiger partial charge in [-0.25, -0.2) is 9.78 Å². The van der Waals surface area contributed by atoms with Gasteiger partial charge in [-0.15, -0.1) is 0 Å². The number of carbonyl (C=O) groups excluding carboxylic acids is 1. The van der Waals surface area contributed by atoms with E-state index in [9.17, 15) is 4.79 Å². The van der Waals surface area contributed by atoms with Crippen molar-refractivity contribution in [2.45, 2.75) is 20.0 Å². The van der Waals surface area contributed by atoms with Crippen LogP contribution in [0.3, 0.4) is 0 Å². The lowest BCUT2D eigenvalue weighted by Crippen LogP contribution is -2.57. The van der Waals surface area contributed by atoms with E-state index >= 15 is 0 Å². The molecule has 172 valence electrons. The first-order valence-corrected chi connectivity index (χ1v) is 10.9. The topological polar surface area (TPSA) is 85.8 Å². The average molecular weight is 449 g/mol. The van der Waals surface area contributed by atoms with Crippen LogP contribution in [0.2, 0.25) is 0 Å². The minimum atomic E-state index is -0.155. The number of aromatic nitrogens is 2. The molecule has 1 saturated heterocycles. The third-order valence-corrected chi connectivity index (χ3v) is 5.47. The number of amides is 2. The second-order valence-corrected chi connectivity index (χ2v) is 7.92. The molecule has 1 N–H and O–H groups in total. The Balaban J connectivity index is 1.30. The van der Waals surface area contributed by atoms with Crippen molar-refractivity contribution in [1.82, 2.24) is 14.9 Å². The Labute approximate surface area is 193 Å². The summed E-state index contributed by atoms with van der Waals surface area (Å²) in [5.41, 5.74) is 4.56. The zero-order valence-electron chi connectivity index (χ0n) is 19.1. The maximum Gasteiger partial charge on any atom is 0.322 e. The molecule has 0 atom stereocenters. The van der Waals surface area contributed by atoms with Gasteiger partial charge in [0.1, 0.15) is 18.5 Å². The van der Waals surface area contributed by atoms with Gasteiger partial charge in [0, 0.05) is 31.1 Å². The van der Waals surface area contributed by atoms with Crippen LogP contribution in [0.15, 0.2) is 54.9 Å². The second kappa shape index (κ2) is 10.3. The smallest absolute Gasteiger partial charge is 0.322 e. The Morgan fingerprint density at radius 1 is 1.09 bits per heavy atom. The minimum Gasteiger partial charge on any atom is -0.491 e. The summed E-state index contributed by atoms with van der Waals surface area (Å²) in [6.45, 7) is 5.94. The van der Waals surface area contributed by atoms with E-state index in [1.807, 2.05) is 50.2 Å². The molecular weight excluding hydrogens is 420 g/mol. The number of pyridine rings is 2. The lowest BCUT2D eigenvalue weighted by Gasteiger charge is -2.38. The largest absolute Gasteiger partial charge is 0.491 e. The highest BCUT2D eigenvalue weighted by atomic mass is 16.5. The summed E-state index contributed by atoms with van der Waals surface area (Å²) >= 11 is 0. The predicted molar refractivity (Wildman–Crippen MR) is 126 cm³/mol. The van der Waals surface area contributed by atoms with Crippen LogP contribution >= 0.6 is 0 Å². The van der Waals surface area contributed by atoms with Gasteiger partial charge in [0.05, 0.1) is 31.1 Å². The zero-order chi connectivity index (χ0) is 23.2. The highest BCUT2D eigenvalue weighted by Gasteiger charge is 2.32. The van der Waals surface area contributed by atoms with Crippen molar-refractivity contribution < 1.29 is 19.0 Å². The first-order chi connectivity index (χ1) is 16.0. The molecule has 1 fully saturated rings. The molecule has 1 aliphatic heterocycles. The fourth-order valence-electron chi connectivity index (χ4n) is 3.45. The summed E-state index contributed by atoms with van der Waals surface area (Å²) in [5, 5.41) is 2.88. The Bertz CT molecular complexity index is 1100. The number of likely N-dealkylation sites (tertiary alicyclic amines) is 1. The van der Waals surface area contributed by atoms with Crippen molar-refractivity contribution >= 4 is 11.7 Å². The van der Waals surface area contributed by atoms with Gasteiger partial charge in [0.2, 0.25) is 5.88 Å². The summed E-state index contributed by atoms with van der Waals surface area (Å²) < 4.78 is 16.8. The number of rotatable bonds is 8. The lowest BCUT2D eigenvalue weighted by molar-refractivity contribution is 0.0461. The molecule has 3 aromatic rings. The van der Waals surface area contributed by atoms with Crippen molar-refractivity contribution in [2.75, 3.05) is 38.7 Å². The number of ether oxygens (including phenoxy) is 3. The third-order valence-electron chi connectivity index (χ3n) is 5.47. The predicted octanol–water partition coefficient (Wildman–Crippen LogP) is 4.08. The van der Waals surface area contributed by atoms with Gasteiger partial charge in [-0.2, -0.15) is 0 Å². The van der Waals surface area contributed by atoms with Crippen molar-refractivity contribution in [1.29, 1.82) is 0 Å². The Kier molecular flexibility index (Phi) is 7.04. The van der Waals surface area contributed by atoms with E-state index in [0.29, 0.717) is 37.9 Å². The molecular formula is C25H28N4O4. The normalized spacial score (nSPS) is 13.4. The maximum absolute atomic E-state index is 12.4. The van der Waals surface area contributed by atoms with Crippen LogP contribution in [-0.4, -0.2) is 60.4 Å². The maximum atomic E-state index is 12.4. The molecule has 0 aliphatic carbocycles. The quantitative estimate of drug-likeness (QED) is 0.523. The first kappa shape index (κ1) is 22.5.